The summed E-state index contributed by atoms with van der Waals surface area (Å²) in [7, 11) is 4.25. The molecule has 0 radical (unpaired) electrons. The van der Waals surface area contributed by atoms with E-state index in [1.807, 2.05) is 12.3 Å². The standard InChI is InChI=1S/C13H21N2.BrH/c1-4-5-11-14-15(2,3)12-13-9-7-6-8-10-13;/h6-11H,4-5,12H2,1-3H3;1H/q+1;/p-1/b14-11+;. The van der Waals surface area contributed by atoms with Gasteiger partial charge in [0.2, 0.25) is 0 Å². The maximum absolute atomic E-state index is 4.55. The highest BCUT2D eigenvalue weighted by molar-refractivity contribution is 5.55. The first-order valence-corrected chi connectivity index (χ1v) is 5.55. The molecule has 0 N–H and O–H groups in total. The van der Waals surface area contributed by atoms with Gasteiger partial charge in [0, 0.05) is 5.56 Å². The fourth-order valence-electron chi connectivity index (χ4n) is 1.48. The summed E-state index contributed by atoms with van der Waals surface area (Å²) in [6.45, 7) is 3.12. The topological polar surface area (TPSA) is 12.4 Å². The molecular formula is C13H21BrN2. The second-order valence-corrected chi connectivity index (χ2v) is 4.35. The number of benzene rings is 1. The van der Waals surface area contributed by atoms with Crippen LogP contribution >= 0.6 is 0 Å². The van der Waals surface area contributed by atoms with Crippen molar-refractivity contribution in [2.75, 3.05) is 14.1 Å². The Bertz CT molecular complexity index is 307. The van der Waals surface area contributed by atoms with Crippen LogP contribution in [0, 0.1) is 0 Å². The summed E-state index contributed by atoms with van der Waals surface area (Å²) in [4.78, 5) is 0. The third kappa shape index (κ3) is 6.03. The maximum Gasteiger partial charge on any atom is 0.128 e. The average molecular weight is 285 g/mol. The number of rotatable bonds is 5. The van der Waals surface area contributed by atoms with E-state index < -0.39 is 0 Å². The van der Waals surface area contributed by atoms with Gasteiger partial charge < -0.3 is 17.0 Å². The lowest BCUT2D eigenvalue weighted by molar-refractivity contribution is -0.910. The first-order chi connectivity index (χ1) is 7.14. The van der Waals surface area contributed by atoms with E-state index in [0.29, 0.717) is 4.59 Å². The monoisotopic (exact) mass is 284 g/mol. The van der Waals surface area contributed by atoms with E-state index >= 15 is 0 Å². The van der Waals surface area contributed by atoms with Crippen molar-refractivity contribution in [1.82, 2.24) is 0 Å². The molecule has 0 saturated heterocycles. The van der Waals surface area contributed by atoms with Gasteiger partial charge in [-0.15, -0.1) is 0 Å². The smallest absolute Gasteiger partial charge is 0.128 e. The zero-order chi connectivity index (χ0) is 11.1. The van der Waals surface area contributed by atoms with Crippen LogP contribution in [0.1, 0.15) is 25.3 Å². The average Bonchev–Trinajstić information content (AvgIpc) is 2.18. The minimum atomic E-state index is 0. The number of quaternary nitrogens is 1. The molecule has 0 amide bonds. The Balaban J connectivity index is 0.00000225. The molecule has 0 atom stereocenters. The Hall–Kier alpha value is -0.670. The molecule has 16 heavy (non-hydrogen) atoms. The lowest BCUT2D eigenvalue weighted by atomic mass is 10.2. The lowest BCUT2D eigenvalue weighted by Crippen LogP contribution is -3.00. The molecule has 1 aromatic carbocycles. The quantitative estimate of drug-likeness (QED) is 0.412. The molecule has 0 fully saturated rings. The van der Waals surface area contributed by atoms with E-state index in [0.717, 1.165) is 19.4 Å². The summed E-state index contributed by atoms with van der Waals surface area (Å²) in [6, 6.07) is 10.5. The Morgan fingerprint density at radius 1 is 1.19 bits per heavy atom. The molecular weight excluding hydrogens is 264 g/mol. The molecule has 1 rings (SSSR count). The number of nitrogens with zero attached hydrogens (tertiary/aromatic N) is 2. The first-order valence-electron chi connectivity index (χ1n) is 5.55. The Kier molecular flexibility index (Phi) is 7.26. The van der Waals surface area contributed by atoms with E-state index in [1.165, 1.54) is 5.56 Å². The summed E-state index contributed by atoms with van der Waals surface area (Å²) in [5.74, 6) is 0. The highest BCUT2D eigenvalue weighted by Gasteiger charge is 2.13. The number of hydrogen-bond donors (Lipinski definition) is 0. The summed E-state index contributed by atoms with van der Waals surface area (Å²) in [5.41, 5.74) is 1.33. The second kappa shape index (κ2) is 7.58. The van der Waals surface area contributed by atoms with Crippen LogP contribution in [0.15, 0.2) is 35.4 Å². The van der Waals surface area contributed by atoms with Gasteiger partial charge in [0.1, 0.15) is 6.54 Å². The molecule has 0 unspecified atom stereocenters. The van der Waals surface area contributed by atoms with E-state index in [-0.39, 0.29) is 17.0 Å². The highest BCUT2D eigenvalue weighted by Crippen LogP contribution is 2.09. The molecule has 0 aliphatic rings. The Labute approximate surface area is 109 Å². The maximum atomic E-state index is 4.55. The highest BCUT2D eigenvalue weighted by atomic mass is 79.9. The molecule has 0 bridgehead atoms. The largest absolute Gasteiger partial charge is 1.00 e. The number of unbranched alkanes of at least 4 members (excludes halogenated alkanes) is 1. The van der Waals surface area contributed by atoms with Crippen LogP contribution < -0.4 is 17.0 Å². The van der Waals surface area contributed by atoms with Crippen LogP contribution in [-0.2, 0) is 6.54 Å². The minimum Gasteiger partial charge on any atom is -1.00 e. The Morgan fingerprint density at radius 2 is 1.81 bits per heavy atom. The van der Waals surface area contributed by atoms with Crippen LogP contribution in [-0.4, -0.2) is 24.9 Å². The second-order valence-electron chi connectivity index (χ2n) is 4.35. The fraction of sp³-hybridized carbons (Fsp3) is 0.462. The SMILES string of the molecule is CCC/C=N/[N+](C)(C)Cc1ccccc1.[Br-]. The minimum absolute atomic E-state index is 0. The zero-order valence-corrected chi connectivity index (χ0v) is 11.9. The van der Waals surface area contributed by atoms with Gasteiger partial charge in [0.25, 0.3) is 0 Å². The van der Waals surface area contributed by atoms with Gasteiger partial charge in [-0.05, 0) is 6.42 Å². The Morgan fingerprint density at radius 3 is 2.38 bits per heavy atom. The molecule has 2 nitrogen and oxygen atoms in total. The van der Waals surface area contributed by atoms with Crippen LogP contribution in [0.2, 0.25) is 0 Å². The van der Waals surface area contributed by atoms with Crippen molar-refractivity contribution < 1.29 is 21.6 Å². The van der Waals surface area contributed by atoms with Gasteiger partial charge >= 0.3 is 0 Å². The molecule has 0 aliphatic heterocycles. The summed E-state index contributed by atoms with van der Waals surface area (Å²) in [5, 5.41) is 4.55. The van der Waals surface area contributed by atoms with Crippen LogP contribution in [0.4, 0.5) is 0 Å². The van der Waals surface area contributed by atoms with Crippen molar-refractivity contribution in [3.05, 3.63) is 35.9 Å². The van der Waals surface area contributed by atoms with Gasteiger partial charge in [-0.3, -0.25) is 0 Å². The zero-order valence-electron chi connectivity index (χ0n) is 10.4. The number of hydrogen-bond acceptors (Lipinski definition) is 1. The molecule has 1 aromatic rings. The lowest BCUT2D eigenvalue weighted by Gasteiger charge is -2.22. The van der Waals surface area contributed by atoms with Crippen molar-refractivity contribution in [3.8, 4) is 0 Å². The van der Waals surface area contributed by atoms with Gasteiger partial charge in [0.15, 0.2) is 0 Å². The van der Waals surface area contributed by atoms with Crippen LogP contribution in [0.3, 0.4) is 0 Å². The van der Waals surface area contributed by atoms with Crippen molar-refractivity contribution in [1.29, 1.82) is 0 Å². The van der Waals surface area contributed by atoms with Crippen LogP contribution in [0.5, 0.6) is 0 Å². The summed E-state index contributed by atoms with van der Waals surface area (Å²) < 4.78 is 0.671. The van der Waals surface area contributed by atoms with E-state index in [4.69, 9.17) is 0 Å². The van der Waals surface area contributed by atoms with Gasteiger partial charge in [0.05, 0.1) is 20.3 Å². The van der Waals surface area contributed by atoms with E-state index in [9.17, 15) is 0 Å². The van der Waals surface area contributed by atoms with Crippen LogP contribution in [0.25, 0.3) is 0 Å². The fourth-order valence-corrected chi connectivity index (χ4v) is 1.48. The normalized spacial score (nSPS) is 11.4. The van der Waals surface area contributed by atoms with Crippen molar-refractivity contribution in [3.63, 3.8) is 0 Å². The third-order valence-electron chi connectivity index (χ3n) is 2.22. The molecule has 3 heteroatoms. The summed E-state index contributed by atoms with van der Waals surface area (Å²) in [6.07, 6.45) is 4.26. The molecule has 90 valence electrons. The molecule has 0 saturated carbocycles. The molecule has 0 spiro atoms. The predicted molar refractivity (Wildman–Crippen MR) is 65.7 cm³/mol. The first kappa shape index (κ1) is 15.3. The number of halogens is 1. The third-order valence-corrected chi connectivity index (χ3v) is 2.22. The van der Waals surface area contributed by atoms with Gasteiger partial charge in [-0.25, -0.2) is 0 Å². The van der Waals surface area contributed by atoms with Crippen molar-refractivity contribution in [2.24, 2.45) is 5.10 Å². The van der Waals surface area contributed by atoms with E-state index in [2.05, 4.69) is 50.4 Å². The van der Waals surface area contributed by atoms with Crippen molar-refractivity contribution >= 4 is 6.21 Å². The van der Waals surface area contributed by atoms with Crippen molar-refractivity contribution in [2.45, 2.75) is 26.3 Å². The molecule has 0 aromatic heterocycles. The molecule has 0 aliphatic carbocycles. The summed E-state index contributed by atoms with van der Waals surface area (Å²) >= 11 is 0. The molecule has 0 heterocycles. The van der Waals surface area contributed by atoms with Gasteiger partial charge in [-0.2, -0.15) is 4.59 Å². The van der Waals surface area contributed by atoms with E-state index in [1.54, 1.807) is 0 Å². The van der Waals surface area contributed by atoms with Gasteiger partial charge in [-0.1, -0.05) is 48.8 Å². The predicted octanol–water partition coefficient (Wildman–Crippen LogP) is 0.0529.